The normalized spacial score (nSPS) is 22.9. The molecule has 0 unspecified atom stereocenters. The summed E-state index contributed by atoms with van der Waals surface area (Å²) in [5, 5.41) is 5.54. The molecular formula is C21H17ClF4N2O4. The van der Waals surface area contributed by atoms with Gasteiger partial charge in [0.25, 0.3) is 11.8 Å². The van der Waals surface area contributed by atoms with Crippen LogP contribution < -0.4 is 20.1 Å². The summed E-state index contributed by atoms with van der Waals surface area (Å²) in [6, 6.07) is 4.71. The van der Waals surface area contributed by atoms with E-state index in [-0.39, 0.29) is 17.4 Å². The Morgan fingerprint density at radius 2 is 1.38 bits per heavy atom. The smallest absolute Gasteiger partial charge is 0.258 e. The van der Waals surface area contributed by atoms with Gasteiger partial charge in [-0.05, 0) is 31.4 Å². The summed E-state index contributed by atoms with van der Waals surface area (Å²) in [4.78, 5) is 24.2. The maximum absolute atomic E-state index is 13.5. The zero-order valence-electron chi connectivity index (χ0n) is 16.4. The Morgan fingerprint density at radius 1 is 0.812 bits per heavy atom. The van der Waals surface area contributed by atoms with Crippen molar-refractivity contribution in [2.24, 2.45) is 0 Å². The molecule has 3 saturated carbocycles. The van der Waals surface area contributed by atoms with Crippen LogP contribution in [0.5, 0.6) is 11.5 Å². The third-order valence-electron chi connectivity index (χ3n) is 5.43. The molecule has 11 heteroatoms. The van der Waals surface area contributed by atoms with Crippen LogP contribution in [0.1, 0.15) is 19.3 Å². The molecule has 3 fully saturated rings. The number of benzene rings is 2. The molecule has 0 heterocycles. The van der Waals surface area contributed by atoms with E-state index in [4.69, 9.17) is 21.1 Å². The van der Waals surface area contributed by atoms with Crippen molar-refractivity contribution in [2.75, 3.05) is 13.2 Å². The fourth-order valence-electron chi connectivity index (χ4n) is 4.19. The molecule has 0 aliphatic heterocycles. The van der Waals surface area contributed by atoms with E-state index in [2.05, 4.69) is 10.6 Å². The monoisotopic (exact) mass is 472 g/mol. The molecule has 0 atom stereocenters. The third kappa shape index (κ3) is 4.45. The van der Waals surface area contributed by atoms with E-state index < -0.39 is 58.5 Å². The lowest BCUT2D eigenvalue weighted by molar-refractivity contribution is -0.151. The van der Waals surface area contributed by atoms with Crippen molar-refractivity contribution in [2.45, 2.75) is 30.3 Å². The van der Waals surface area contributed by atoms with Crippen molar-refractivity contribution in [1.29, 1.82) is 0 Å². The van der Waals surface area contributed by atoms with Gasteiger partial charge in [0.15, 0.2) is 36.4 Å². The standard InChI is InChI=1S/C21H17ClF4N2O4/c22-12-2-1-11(3-13(12)23)31-6-18(29)27-20-8-21(9-20,10-20)28-19(30)7-32-17-5-15(25)14(24)4-16(17)26/h1-5H,6-10H2,(H,27,29)(H,28,30). The Kier molecular flexibility index (Phi) is 5.66. The highest BCUT2D eigenvalue weighted by atomic mass is 35.5. The summed E-state index contributed by atoms with van der Waals surface area (Å²) < 4.78 is 63.2. The quantitative estimate of drug-likeness (QED) is 0.457. The van der Waals surface area contributed by atoms with E-state index in [0.29, 0.717) is 31.4 Å². The Labute approximate surface area is 184 Å². The van der Waals surface area contributed by atoms with Crippen molar-refractivity contribution >= 4 is 23.4 Å². The maximum Gasteiger partial charge on any atom is 0.258 e. The van der Waals surface area contributed by atoms with Crippen molar-refractivity contribution in [3.8, 4) is 11.5 Å². The number of hydrogen-bond donors (Lipinski definition) is 2. The minimum atomic E-state index is -1.36. The molecule has 32 heavy (non-hydrogen) atoms. The van der Waals surface area contributed by atoms with E-state index in [1.807, 2.05) is 0 Å². The molecule has 2 aromatic carbocycles. The molecule has 170 valence electrons. The van der Waals surface area contributed by atoms with Crippen LogP contribution in [0.2, 0.25) is 5.02 Å². The molecule has 2 aromatic rings. The summed E-state index contributed by atoms with van der Waals surface area (Å²) in [6.07, 6.45) is 1.48. The largest absolute Gasteiger partial charge is 0.484 e. The van der Waals surface area contributed by atoms with Crippen LogP contribution in [0.25, 0.3) is 0 Å². The number of rotatable bonds is 8. The van der Waals surface area contributed by atoms with Gasteiger partial charge in [0.2, 0.25) is 0 Å². The van der Waals surface area contributed by atoms with Gasteiger partial charge >= 0.3 is 0 Å². The second-order valence-electron chi connectivity index (χ2n) is 8.04. The highest BCUT2D eigenvalue weighted by Crippen LogP contribution is 2.60. The SMILES string of the molecule is O=C(COc1ccc(Cl)c(F)c1)NC12CC(NC(=O)COc3cc(F)c(F)cc3F)(C1)C2. The second kappa shape index (κ2) is 8.16. The summed E-state index contributed by atoms with van der Waals surface area (Å²) in [6.45, 7) is -0.885. The maximum atomic E-state index is 13.5. The van der Waals surface area contributed by atoms with Crippen molar-refractivity contribution in [3.05, 3.63) is 58.6 Å². The molecule has 6 nitrogen and oxygen atoms in total. The van der Waals surface area contributed by atoms with Crippen LogP contribution in [0, 0.1) is 23.3 Å². The van der Waals surface area contributed by atoms with E-state index >= 15 is 0 Å². The molecule has 3 aliphatic carbocycles. The number of carbonyl (C=O) groups is 2. The van der Waals surface area contributed by atoms with Gasteiger partial charge in [-0.1, -0.05) is 11.6 Å². The lowest BCUT2D eigenvalue weighted by Gasteiger charge is -2.70. The first-order chi connectivity index (χ1) is 15.1. The molecule has 2 N–H and O–H groups in total. The topological polar surface area (TPSA) is 76.7 Å². The number of hydrogen-bond acceptors (Lipinski definition) is 4. The highest BCUT2D eigenvalue weighted by molar-refractivity contribution is 6.30. The first-order valence-corrected chi connectivity index (χ1v) is 9.94. The lowest BCUT2D eigenvalue weighted by atomic mass is 9.44. The van der Waals surface area contributed by atoms with E-state index in [9.17, 15) is 27.2 Å². The van der Waals surface area contributed by atoms with Gasteiger partial charge in [0, 0.05) is 29.3 Å². The summed E-state index contributed by atoms with van der Waals surface area (Å²) in [7, 11) is 0. The first-order valence-electron chi connectivity index (χ1n) is 9.56. The van der Waals surface area contributed by atoms with E-state index in [1.165, 1.54) is 12.1 Å². The Bertz CT molecular complexity index is 1080. The molecule has 3 aliphatic rings. The Morgan fingerprint density at radius 3 is 1.97 bits per heavy atom. The van der Waals surface area contributed by atoms with Crippen LogP contribution in [0.3, 0.4) is 0 Å². The van der Waals surface area contributed by atoms with Gasteiger partial charge in [-0.15, -0.1) is 0 Å². The molecule has 0 saturated heterocycles. The first kappa shape index (κ1) is 22.2. The molecule has 0 aromatic heterocycles. The molecular weight excluding hydrogens is 456 g/mol. The van der Waals surface area contributed by atoms with Gasteiger partial charge in [-0.25, -0.2) is 17.6 Å². The molecule has 2 bridgehead atoms. The summed E-state index contributed by atoms with van der Waals surface area (Å²) in [5.41, 5.74) is -0.952. The number of nitrogens with one attached hydrogen (secondary N) is 2. The minimum Gasteiger partial charge on any atom is -0.484 e. The molecule has 2 amide bonds. The second-order valence-corrected chi connectivity index (χ2v) is 8.44. The fraction of sp³-hybridized carbons (Fsp3) is 0.333. The van der Waals surface area contributed by atoms with Crippen LogP contribution in [-0.4, -0.2) is 36.1 Å². The van der Waals surface area contributed by atoms with Crippen LogP contribution in [-0.2, 0) is 9.59 Å². The minimum absolute atomic E-state index is 0.0524. The van der Waals surface area contributed by atoms with Crippen LogP contribution in [0.15, 0.2) is 30.3 Å². The van der Waals surface area contributed by atoms with Crippen LogP contribution >= 0.6 is 11.6 Å². The highest BCUT2D eigenvalue weighted by Gasteiger charge is 2.69. The number of ether oxygens (including phenoxy) is 2. The van der Waals surface area contributed by atoms with Crippen molar-refractivity contribution in [3.63, 3.8) is 0 Å². The average Bonchev–Trinajstić information content (AvgIpc) is 2.68. The third-order valence-corrected chi connectivity index (χ3v) is 5.74. The number of amides is 2. The van der Waals surface area contributed by atoms with Gasteiger partial charge in [-0.2, -0.15) is 0 Å². The average molecular weight is 473 g/mol. The zero-order chi connectivity index (χ0) is 23.1. The molecule has 5 rings (SSSR count). The summed E-state index contributed by atoms with van der Waals surface area (Å²) in [5.74, 6) is -5.76. The van der Waals surface area contributed by atoms with Gasteiger partial charge in [-0.3, -0.25) is 9.59 Å². The van der Waals surface area contributed by atoms with Gasteiger partial charge in [0.1, 0.15) is 11.6 Å². The van der Waals surface area contributed by atoms with Crippen LogP contribution in [0.4, 0.5) is 17.6 Å². The Hall–Kier alpha value is -3.01. The van der Waals surface area contributed by atoms with E-state index in [1.54, 1.807) is 0 Å². The van der Waals surface area contributed by atoms with Crippen molar-refractivity contribution in [1.82, 2.24) is 10.6 Å². The molecule has 0 radical (unpaired) electrons. The number of carbonyl (C=O) groups excluding carboxylic acids is 2. The number of halogens is 5. The van der Waals surface area contributed by atoms with Crippen molar-refractivity contribution < 1.29 is 36.6 Å². The van der Waals surface area contributed by atoms with Gasteiger partial charge in [0.05, 0.1) is 5.02 Å². The fourth-order valence-corrected chi connectivity index (χ4v) is 4.31. The van der Waals surface area contributed by atoms with Gasteiger partial charge < -0.3 is 20.1 Å². The predicted octanol–water partition coefficient (Wildman–Crippen LogP) is 3.26. The lowest BCUT2D eigenvalue weighted by Crippen LogP contribution is -2.84. The Balaban J connectivity index is 1.19. The zero-order valence-corrected chi connectivity index (χ0v) is 17.2. The van der Waals surface area contributed by atoms with E-state index in [0.717, 1.165) is 6.07 Å². The summed E-state index contributed by atoms with van der Waals surface area (Å²) >= 11 is 5.59. The molecule has 0 spiro atoms. The predicted molar refractivity (Wildman–Crippen MR) is 104 cm³/mol.